The quantitative estimate of drug-likeness (QED) is 0.155. The van der Waals surface area contributed by atoms with Crippen molar-refractivity contribution in [3.05, 3.63) is 145 Å². The monoisotopic (exact) mass is 505 g/mol. The standard InChI is InChI=1S/C37H33N2/c1-37(27-28-20-22-30(23-21-28)29-13-5-3-6-14-29)35(19-11-12-26-38-32-16-7-4-8-17-32)39(2)34-25-24-31-15-9-10-18-33(31)36(34)37/h3-11,13-26H,12,27H2,1-2H3/q+1/b19-11+,38-26?. The van der Waals surface area contributed by atoms with Crippen molar-refractivity contribution < 1.29 is 4.58 Å². The van der Waals surface area contributed by atoms with Gasteiger partial charge in [0, 0.05) is 30.3 Å². The molecule has 5 aromatic carbocycles. The molecule has 2 heteroatoms. The third-order valence-electron chi connectivity index (χ3n) is 7.88. The molecule has 0 aromatic heterocycles. The maximum atomic E-state index is 4.61. The summed E-state index contributed by atoms with van der Waals surface area (Å²) in [6.45, 7) is 2.41. The zero-order valence-electron chi connectivity index (χ0n) is 22.6. The molecule has 1 unspecified atom stereocenters. The third kappa shape index (κ3) is 4.86. The van der Waals surface area contributed by atoms with Gasteiger partial charge in [-0.25, -0.2) is 0 Å². The SMILES string of the molecule is C[N+]1=C(/C=C/CC=Nc2ccccc2)C(C)(Cc2ccc(-c3ccccc3)cc2)c2c1ccc1ccccc21. The minimum absolute atomic E-state index is 0.174. The number of para-hydroxylation sites is 1. The molecule has 0 spiro atoms. The highest BCUT2D eigenvalue weighted by molar-refractivity contribution is 6.08. The fraction of sp³-hybridized carbons (Fsp3) is 0.135. The summed E-state index contributed by atoms with van der Waals surface area (Å²) < 4.78 is 2.38. The number of hydrogen-bond acceptors (Lipinski definition) is 1. The average molecular weight is 506 g/mol. The van der Waals surface area contributed by atoms with Crippen LogP contribution in [0.15, 0.2) is 138 Å². The molecule has 1 heterocycles. The van der Waals surface area contributed by atoms with Gasteiger partial charge in [0.05, 0.1) is 11.1 Å². The molecular formula is C37H33N2+. The molecule has 1 aliphatic rings. The molecule has 0 fully saturated rings. The van der Waals surface area contributed by atoms with Crippen LogP contribution in [-0.4, -0.2) is 23.5 Å². The summed E-state index contributed by atoms with van der Waals surface area (Å²) in [5, 5.41) is 2.62. The normalized spacial score (nSPS) is 17.0. The zero-order valence-corrected chi connectivity index (χ0v) is 22.6. The van der Waals surface area contributed by atoms with Gasteiger partial charge < -0.3 is 0 Å². The second-order valence-corrected chi connectivity index (χ2v) is 10.5. The lowest BCUT2D eigenvalue weighted by atomic mass is 9.73. The van der Waals surface area contributed by atoms with Gasteiger partial charge in [-0.2, -0.15) is 4.58 Å². The number of rotatable bonds is 7. The van der Waals surface area contributed by atoms with E-state index in [0.717, 1.165) is 18.5 Å². The Morgan fingerprint density at radius 2 is 1.38 bits per heavy atom. The summed E-state index contributed by atoms with van der Waals surface area (Å²) in [5.41, 5.74) is 8.66. The van der Waals surface area contributed by atoms with Gasteiger partial charge in [-0.3, -0.25) is 4.99 Å². The maximum Gasteiger partial charge on any atom is 0.210 e. The van der Waals surface area contributed by atoms with Crippen molar-refractivity contribution in [3.63, 3.8) is 0 Å². The van der Waals surface area contributed by atoms with E-state index in [1.54, 1.807) is 0 Å². The summed E-state index contributed by atoms with van der Waals surface area (Å²) in [7, 11) is 2.20. The summed E-state index contributed by atoms with van der Waals surface area (Å²) in [4.78, 5) is 4.61. The molecule has 1 aliphatic heterocycles. The summed E-state index contributed by atoms with van der Waals surface area (Å²) >= 11 is 0. The Bertz CT molecular complexity index is 1690. The first kappa shape index (κ1) is 24.8. The molecule has 0 N–H and O–H groups in total. The smallest absolute Gasteiger partial charge is 0.210 e. The molecule has 0 bridgehead atoms. The number of hydrogen-bond donors (Lipinski definition) is 0. The van der Waals surface area contributed by atoms with E-state index < -0.39 is 0 Å². The fourth-order valence-corrected chi connectivity index (χ4v) is 5.99. The largest absolute Gasteiger partial charge is 0.261 e. The first-order chi connectivity index (χ1) is 19.1. The Kier molecular flexibility index (Phi) is 6.77. The number of benzene rings is 5. The van der Waals surface area contributed by atoms with Crippen molar-refractivity contribution in [1.29, 1.82) is 0 Å². The zero-order chi connectivity index (χ0) is 26.7. The first-order valence-electron chi connectivity index (χ1n) is 13.7. The lowest BCUT2D eigenvalue weighted by Crippen LogP contribution is -2.33. The van der Waals surface area contributed by atoms with Gasteiger partial charge in [-0.15, -0.1) is 0 Å². The van der Waals surface area contributed by atoms with Gasteiger partial charge in [-0.1, -0.05) is 103 Å². The van der Waals surface area contributed by atoms with Crippen LogP contribution in [0.25, 0.3) is 21.9 Å². The van der Waals surface area contributed by atoms with Crippen LogP contribution in [0, 0.1) is 0 Å². The minimum Gasteiger partial charge on any atom is -0.261 e. The summed E-state index contributed by atoms with van der Waals surface area (Å²) in [6.07, 6.45) is 8.24. The van der Waals surface area contributed by atoms with Crippen molar-refractivity contribution in [1.82, 2.24) is 0 Å². The second kappa shape index (κ2) is 10.7. The Morgan fingerprint density at radius 3 is 2.15 bits per heavy atom. The molecule has 5 aromatic rings. The minimum atomic E-state index is -0.174. The molecule has 6 rings (SSSR count). The molecule has 2 nitrogen and oxygen atoms in total. The maximum absolute atomic E-state index is 4.61. The van der Waals surface area contributed by atoms with Crippen LogP contribution < -0.4 is 0 Å². The predicted molar refractivity (Wildman–Crippen MR) is 166 cm³/mol. The summed E-state index contributed by atoms with van der Waals surface area (Å²) in [6, 6.07) is 43.1. The number of fused-ring (bicyclic) bond motifs is 3. The average Bonchev–Trinajstić information content (AvgIpc) is 3.20. The van der Waals surface area contributed by atoms with Gasteiger partial charge >= 0.3 is 0 Å². The van der Waals surface area contributed by atoms with Gasteiger partial charge in [0.15, 0.2) is 5.71 Å². The van der Waals surface area contributed by atoms with Crippen LogP contribution in [0.3, 0.4) is 0 Å². The second-order valence-electron chi connectivity index (χ2n) is 10.5. The van der Waals surface area contributed by atoms with E-state index in [-0.39, 0.29) is 5.41 Å². The molecule has 0 saturated carbocycles. The van der Waals surface area contributed by atoms with Gasteiger partial charge in [0.1, 0.15) is 7.05 Å². The molecule has 0 aliphatic carbocycles. The van der Waals surface area contributed by atoms with Crippen LogP contribution in [0.5, 0.6) is 0 Å². The lowest BCUT2D eigenvalue weighted by Gasteiger charge is -2.24. The van der Waals surface area contributed by atoms with E-state index in [2.05, 4.69) is 127 Å². The highest BCUT2D eigenvalue weighted by atomic mass is 15.0. The van der Waals surface area contributed by atoms with Crippen LogP contribution in [0.2, 0.25) is 0 Å². The molecule has 190 valence electrons. The Hall–Kier alpha value is -4.56. The van der Waals surface area contributed by atoms with Crippen LogP contribution in [0.1, 0.15) is 24.5 Å². The van der Waals surface area contributed by atoms with Crippen molar-refractivity contribution in [2.24, 2.45) is 4.99 Å². The van der Waals surface area contributed by atoms with E-state index in [1.807, 2.05) is 36.5 Å². The van der Waals surface area contributed by atoms with E-state index in [0.29, 0.717) is 0 Å². The van der Waals surface area contributed by atoms with Crippen LogP contribution in [0.4, 0.5) is 11.4 Å². The highest BCUT2D eigenvalue weighted by Gasteiger charge is 2.47. The van der Waals surface area contributed by atoms with Crippen molar-refractivity contribution >= 4 is 34.1 Å². The summed E-state index contributed by atoms with van der Waals surface area (Å²) in [5.74, 6) is 0. The predicted octanol–water partition coefficient (Wildman–Crippen LogP) is 9.08. The topological polar surface area (TPSA) is 15.4 Å². The lowest BCUT2D eigenvalue weighted by molar-refractivity contribution is -0.401. The Morgan fingerprint density at radius 1 is 0.718 bits per heavy atom. The molecule has 1 atom stereocenters. The van der Waals surface area contributed by atoms with E-state index >= 15 is 0 Å². The Balaban J connectivity index is 1.35. The molecule has 0 saturated heterocycles. The highest BCUT2D eigenvalue weighted by Crippen LogP contribution is 2.45. The number of allylic oxidation sites excluding steroid dienone is 2. The number of nitrogens with zero attached hydrogens (tertiary/aromatic N) is 2. The van der Waals surface area contributed by atoms with Crippen molar-refractivity contribution in [2.75, 3.05) is 7.05 Å². The van der Waals surface area contributed by atoms with E-state index in [1.165, 1.54) is 44.4 Å². The first-order valence-corrected chi connectivity index (χ1v) is 13.7. The van der Waals surface area contributed by atoms with Gasteiger partial charge in [0.2, 0.25) is 5.69 Å². The third-order valence-corrected chi connectivity index (χ3v) is 7.88. The van der Waals surface area contributed by atoms with Crippen molar-refractivity contribution in [2.45, 2.75) is 25.2 Å². The molecule has 0 radical (unpaired) electrons. The Labute approximate surface area is 231 Å². The van der Waals surface area contributed by atoms with E-state index in [9.17, 15) is 0 Å². The van der Waals surface area contributed by atoms with Crippen LogP contribution in [-0.2, 0) is 11.8 Å². The van der Waals surface area contributed by atoms with Crippen molar-refractivity contribution in [3.8, 4) is 11.1 Å². The van der Waals surface area contributed by atoms with Gasteiger partial charge in [-0.05, 0) is 59.0 Å². The molecule has 39 heavy (non-hydrogen) atoms. The molecular weight excluding hydrogens is 472 g/mol. The van der Waals surface area contributed by atoms with Gasteiger partial charge in [0.25, 0.3) is 0 Å². The fourth-order valence-electron chi connectivity index (χ4n) is 5.99. The molecule has 0 amide bonds. The van der Waals surface area contributed by atoms with E-state index in [4.69, 9.17) is 0 Å². The van der Waals surface area contributed by atoms with Crippen LogP contribution >= 0.6 is 0 Å². The number of aliphatic imine (C=N–C) groups is 1.